The van der Waals surface area contributed by atoms with Gasteiger partial charge in [0.25, 0.3) is 0 Å². The van der Waals surface area contributed by atoms with Gasteiger partial charge in [0.15, 0.2) is 0 Å². The van der Waals surface area contributed by atoms with Gasteiger partial charge in [0.1, 0.15) is 5.60 Å². The van der Waals surface area contributed by atoms with Gasteiger partial charge in [-0.05, 0) is 61.9 Å². The first-order valence-electron chi connectivity index (χ1n) is 6.89. The van der Waals surface area contributed by atoms with Crippen LogP contribution in [0.5, 0.6) is 0 Å². The summed E-state index contributed by atoms with van der Waals surface area (Å²) in [6.07, 6.45) is 4.82. The number of nitrogens with zero attached hydrogens (tertiary/aromatic N) is 1. The largest absolute Gasteiger partial charge is 0.444 e. The maximum Gasteiger partial charge on any atom is 0.407 e. The van der Waals surface area contributed by atoms with Gasteiger partial charge in [0, 0.05) is 11.5 Å². The topological polar surface area (TPSA) is 51.2 Å². The minimum atomic E-state index is -0.441. The van der Waals surface area contributed by atoms with Crippen molar-refractivity contribution >= 4 is 33.4 Å². The number of hydrogen-bond acceptors (Lipinski definition) is 4. The minimum Gasteiger partial charge on any atom is -0.444 e. The van der Waals surface area contributed by atoms with Crippen LogP contribution in [0.2, 0.25) is 0 Å². The molecular formula is C14H19BrN2O2S. The Balaban J connectivity index is 1.62. The Kier molecular flexibility index (Phi) is 3.36. The van der Waals surface area contributed by atoms with Crippen LogP contribution in [0.25, 0.3) is 0 Å². The zero-order valence-corrected chi connectivity index (χ0v) is 14.3. The highest BCUT2D eigenvalue weighted by molar-refractivity contribution is 9.11. The van der Waals surface area contributed by atoms with Gasteiger partial charge in [0.2, 0.25) is 0 Å². The minimum absolute atomic E-state index is 0.195. The fraction of sp³-hybridized carbons (Fsp3) is 0.714. The Morgan fingerprint density at radius 2 is 2.20 bits per heavy atom. The quantitative estimate of drug-likeness (QED) is 0.873. The van der Waals surface area contributed by atoms with E-state index in [9.17, 15) is 4.79 Å². The SMILES string of the molecule is CC(C)(C)OC(=O)NC1CC2(c3ncc(Br)s3)CC1C2. The fourth-order valence-electron chi connectivity index (χ4n) is 3.37. The van der Waals surface area contributed by atoms with Crippen LogP contribution in [-0.2, 0) is 10.2 Å². The van der Waals surface area contributed by atoms with Crippen molar-refractivity contribution < 1.29 is 9.53 Å². The molecule has 0 aromatic carbocycles. The van der Waals surface area contributed by atoms with Crippen molar-refractivity contribution in [2.75, 3.05) is 0 Å². The Morgan fingerprint density at radius 1 is 1.50 bits per heavy atom. The molecule has 3 saturated carbocycles. The molecule has 1 amide bonds. The van der Waals surface area contributed by atoms with Gasteiger partial charge in [0.05, 0.1) is 15.0 Å². The molecule has 1 unspecified atom stereocenters. The Bertz CT molecular complexity index is 532. The van der Waals surface area contributed by atoms with Crippen molar-refractivity contribution in [1.29, 1.82) is 0 Å². The molecule has 1 heterocycles. The Labute approximate surface area is 131 Å². The summed E-state index contributed by atoms with van der Waals surface area (Å²) in [5.41, 5.74) is -0.246. The molecule has 20 heavy (non-hydrogen) atoms. The summed E-state index contributed by atoms with van der Waals surface area (Å²) in [4.78, 5) is 16.4. The summed E-state index contributed by atoms with van der Waals surface area (Å²) >= 11 is 5.19. The normalized spacial score (nSPS) is 31.8. The van der Waals surface area contributed by atoms with E-state index in [0.717, 1.165) is 23.0 Å². The number of carbonyl (C=O) groups excluding carboxylic acids is 1. The van der Waals surface area contributed by atoms with E-state index in [2.05, 4.69) is 26.2 Å². The molecule has 2 bridgehead atoms. The number of aromatic nitrogens is 1. The molecule has 1 N–H and O–H groups in total. The van der Waals surface area contributed by atoms with Crippen molar-refractivity contribution in [3.05, 3.63) is 15.0 Å². The third kappa shape index (κ3) is 2.60. The Morgan fingerprint density at radius 3 is 2.75 bits per heavy atom. The number of fused-ring (bicyclic) bond motifs is 1. The first-order chi connectivity index (χ1) is 9.27. The summed E-state index contributed by atoms with van der Waals surface area (Å²) < 4.78 is 6.42. The fourth-order valence-corrected chi connectivity index (χ4v) is 4.80. The average molecular weight is 359 g/mol. The summed E-state index contributed by atoms with van der Waals surface area (Å²) in [7, 11) is 0. The predicted molar refractivity (Wildman–Crippen MR) is 82.0 cm³/mol. The van der Waals surface area contributed by atoms with Gasteiger partial charge in [-0.2, -0.15) is 0 Å². The van der Waals surface area contributed by atoms with Crippen molar-refractivity contribution in [2.45, 2.75) is 57.1 Å². The molecule has 3 aliphatic rings. The van der Waals surface area contributed by atoms with Crippen LogP contribution >= 0.6 is 27.3 Å². The monoisotopic (exact) mass is 358 g/mol. The number of nitrogens with one attached hydrogen (secondary N) is 1. The lowest BCUT2D eigenvalue weighted by atomic mass is 9.70. The van der Waals surface area contributed by atoms with Crippen molar-refractivity contribution in [3.63, 3.8) is 0 Å². The average Bonchev–Trinajstić information content (AvgIpc) is 2.86. The van der Waals surface area contributed by atoms with Gasteiger partial charge in [-0.15, -0.1) is 11.3 Å². The maximum atomic E-state index is 11.9. The smallest absolute Gasteiger partial charge is 0.407 e. The van der Waals surface area contributed by atoms with Gasteiger partial charge in [-0.3, -0.25) is 0 Å². The summed E-state index contributed by atoms with van der Waals surface area (Å²) in [6, 6.07) is 0.229. The number of amides is 1. The van der Waals surface area contributed by atoms with E-state index < -0.39 is 5.60 Å². The molecule has 1 aromatic heterocycles. The van der Waals surface area contributed by atoms with Crippen LogP contribution in [0, 0.1) is 5.92 Å². The molecule has 0 aliphatic heterocycles. The molecule has 3 aliphatic carbocycles. The van der Waals surface area contributed by atoms with Crippen LogP contribution in [0.4, 0.5) is 4.79 Å². The highest BCUT2D eigenvalue weighted by Crippen LogP contribution is 2.60. The summed E-state index contributed by atoms with van der Waals surface area (Å²) in [6.45, 7) is 5.65. The van der Waals surface area contributed by atoms with Crippen LogP contribution < -0.4 is 5.32 Å². The molecule has 4 nitrogen and oxygen atoms in total. The van der Waals surface area contributed by atoms with Crippen LogP contribution in [-0.4, -0.2) is 22.7 Å². The molecule has 0 spiro atoms. The summed E-state index contributed by atoms with van der Waals surface area (Å²) in [5, 5.41) is 4.24. The van der Waals surface area contributed by atoms with E-state index in [1.165, 1.54) is 5.01 Å². The molecule has 6 heteroatoms. The molecule has 1 atom stereocenters. The van der Waals surface area contributed by atoms with E-state index in [-0.39, 0.29) is 17.6 Å². The number of rotatable bonds is 2. The molecule has 0 saturated heterocycles. The van der Waals surface area contributed by atoms with Crippen LogP contribution in [0.1, 0.15) is 45.0 Å². The molecule has 0 radical (unpaired) electrons. The summed E-state index contributed by atoms with van der Waals surface area (Å²) in [5.74, 6) is 0.574. The van der Waals surface area contributed by atoms with E-state index in [1.807, 2.05) is 27.0 Å². The second-order valence-corrected chi connectivity index (χ2v) is 9.28. The number of carbonyl (C=O) groups is 1. The van der Waals surface area contributed by atoms with E-state index >= 15 is 0 Å². The third-order valence-corrected chi connectivity index (χ3v) is 5.84. The molecule has 110 valence electrons. The maximum absolute atomic E-state index is 11.9. The van der Waals surface area contributed by atoms with Crippen molar-refractivity contribution in [2.24, 2.45) is 5.92 Å². The van der Waals surface area contributed by atoms with Crippen LogP contribution in [0.3, 0.4) is 0 Å². The number of halogens is 1. The van der Waals surface area contributed by atoms with Gasteiger partial charge in [-0.25, -0.2) is 9.78 Å². The van der Waals surface area contributed by atoms with Crippen molar-refractivity contribution in [1.82, 2.24) is 10.3 Å². The molecule has 3 fully saturated rings. The highest BCUT2D eigenvalue weighted by Gasteiger charge is 2.58. The molecular weight excluding hydrogens is 340 g/mol. The van der Waals surface area contributed by atoms with Gasteiger partial charge >= 0.3 is 6.09 Å². The lowest BCUT2D eigenvalue weighted by Gasteiger charge is -2.36. The molecule has 4 rings (SSSR count). The third-order valence-electron chi connectivity index (χ3n) is 4.12. The van der Waals surface area contributed by atoms with E-state index in [1.54, 1.807) is 11.3 Å². The predicted octanol–water partition coefficient (Wildman–Crippen LogP) is 3.85. The second kappa shape index (κ2) is 4.70. The lowest BCUT2D eigenvalue weighted by Crippen LogP contribution is -2.40. The lowest BCUT2D eigenvalue weighted by molar-refractivity contribution is 0.0494. The van der Waals surface area contributed by atoms with Crippen molar-refractivity contribution in [3.8, 4) is 0 Å². The first-order valence-corrected chi connectivity index (χ1v) is 8.50. The Hall–Kier alpha value is -0.620. The second-order valence-electron chi connectivity index (χ2n) is 6.88. The van der Waals surface area contributed by atoms with E-state index in [0.29, 0.717) is 5.92 Å². The van der Waals surface area contributed by atoms with E-state index in [4.69, 9.17) is 4.74 Å². The number of hydrogen-bond donors (Lipinski definition) is 1. The number of ether oxygens (including phenoxy) is 1. The highest BCUT2D eigenvalue weighted by atomic mass is 79.9. The standard InChI is InChI=1S/C14H19BrN2O2S/c1-13(2,3)19-12(18)17-9-6-14(4-8(9)5-14)11-16-7-10(15)20-11/h7-9H,4-6H2,1-3H3,(H,17,18). The van der Waals surface area contributed by atoms with Gasteiger partial charge < -0.3 is 10.1 Å². The zero-order valence-electron chi connectivity index (χ0n) is 11.9. The number of thiazole rings is 1. The molecule has 1 aromatic rings. The van der Waals surface area contributed by atoms with Gasteiger partial charge in [-0.1, -0.05) is 0 Å². The van der Waals surface area contributed by atoms with Crippen LogP contribution in [0.15, 0.2) is 9.98 Å². The number of alkyl carbamates (subject to hydrolysis) is 1. The zero-order chi connectivity index (χ0) is 14.5. The first kappa shape index (κ1) is 14.3.